The highest BCUT2D eigenvalue weighted by atomic mass is 127. The van der Waals surface area contributed by atoms with E-state index in [1.807, 2.05) is 6.20 Å². The minimum atomic E-state index is -0.701. The van der Waals surface area contributed by atoms with E-state index in [2.05, 4.69) is 32.5 Å². The summed E-state index contributed by atoms with van der Waals surface area (Å²) in [6.45, 7) is 3.81. The lowest BCUT2D eigenvalue weighted by atomic mass is 9.82. The molecule has 0 aromatic carbocycles. The van der Waals surface area contributed by atoms with Crippen molar-refractivity contribution < 1.29 is 9.90 Å². The highest BCUT2D eigenvalue weighted by Gasteiger charge is 2.45. The number of carboxylic acid groups (broad SMARTS) is 1. The minimum Gasteiger partial charge on any atom is -0.481 e. The van der Waals surface area contributed by atoms with Gasteiger partial charge >= 0.3 is 5.97 Å². The van der Waals surface area contributed by atoms with Crippen LogP contribution >= 0.6 is 33.9 Å². The van der Waals surface area contributed by atoms with Gasteiger partial charge in [-0.25, -0.2) is 4.98 Å². The third-order valence-electron chi connectivity index (χ3n) is 2.55. The van der Waals surface area contributed by atoms with Crippen LogP contribution in [0.25, 0.3) is 0 Å². The Bertz CT molecular complexity index is 387. The van der Waals surface area contributed by atoms with Crippen LogP contribution < -0.4 is 0 Å². The van der Waals surface area contributed by atoms with Crippen molar-refractivity contribution in [1.82, 2.24) is 9.88 Å². The summed E-state index contributed by atoms with van der Waals surface area (Å²) in [6.07, 6.45) is 1.84. The van der Waals surface area contributed by atoms with Crippen molar-refractivity contribution in [1.29, 1.82) is 0 Å². The van der Waals surface area contributed by atoms with Crippen molar-refractivity contribution in [2.24, 2.45) is 5.41 Å². The number of hydrogen-bond acceptors (Lipinski definition) is 4. The van der Waals surface area contributed by atoms with Crippen molar-refractivity contribution in [3.8, 4) is 0 Å². The van der Waals surface area contributed by atoms with E-state index in [-0.39, 0.29) is 0 Å². The number of likely N-dealkylation sites (tertiary alicyclic amines) is 1. The summed E-state index contributed by atoms with van der Waals surface area (Å²) in [4.78, 5) is 17.2. The zero-order valence-electron chi connectivity index (χ0n) is 8.23. The molecule has 0 spiro atoms. The second kappa shape index (κ2) is 3.99. The maximum atomic E-state index is 10.9. The molecule has 0 amide bonds. The summed E-state index contributed by atoms with van der Waals surface area (Å²) in [5.74, 6) is -0.701. The summed E-state index contributed by atoms with van der Waals surface area (Å²) >= 11 is 3.90. The lowest BCUT2D eigenvalue weighted by Crippen LogP contribution is -2.58. The van der Waals surface area contributed by atoms with Crippen LogP contribution in [0, 0.1) is 8.30 Å². The van der Waals surface area contributed by atoms with Crippen LogP contribution in [0.2, 0.25) is 0 Å². The standard InChI is InChI=1S/C9H11IN2O2S/c1-9(8(13)14)4-12(5-9)3-7-11-2-6(10)15-7/h2H,3-5H2,1H3,(H,13,14). The van der Waals surface area contributed by atoms with Gasteiger partial charge in [0.05, 0.1) is 21.0 Å². The van der Waals surface area contributed by atoms with Crippen molar-refractivity contribution in [3.05, 3.63) is 14.1 Å². The third-order valence-corrected chi connectivity index (χ3v) is 4.26. The van der Waals surface area contributed by atoms with Gasteiger partial charge in [0.25, 0.3) is 0 Å². The van der Waals surface area contributed by atoms with Gasteiger partial charge in [0.15, 0.2) is 0 Å². The van der Waals surface area contributed by atoms with Crippen LogP contribution in [0.4, 0.5) is 0 Å². The molecule has 2 heterocycles. The molecule has 0 saturated carbocycles. The number of aromatic nitrogens is 1. The van der Waals surface area contributed by atoms with E-state index in [1.165, 1.54) is 2.88 Å². The van der Waals surface area contributed by atoms with Crippen LogP contribution in [0.5, 0.6) is 0 Å². The Morgan fingerprint density at radius 2 is 2.47 bits per heavy atom. The molecule has 0 unspecified atom stereocenters. The van der Waals surface area contributed by atoms with E-state index >= 15 is 0 Å². The molecule has 82 valence electrons. The molecule has 0 aliphatic carbocycles. The average molecular weight is 338 g/mol. The van der Waals surface area contributed by atoms with E-state index in [1.54, 1.807) is 18.3 Å². The molecular weight excluding hydrogens is 327 g/mol. The van der Waals surface area contributed by atoms with Gasteiger partial charge in [-0.3, -0.25) is 9.69 Å². The fraction of sp³-hybridized carbons (Fsp3) is 0.556. The largest absolute Gasteiger partial charge is 0.481 e. The molecule has 6 heteroatoms. The van der Waals surface area contributed by atoms with Crippen LogP contribution in [-0.2, 0) is 11.3 Å². The number of aliphatic carboxylic acids is 1. The number of carboxylic acids is 1. The van der Waals surface area contributed by atoms with Gasteiger partial charge in [-0.1, -0.05) is 0 Å². The Morgan fingerprint density at radius 3 is 2.93 bits per heavy atom. The predicted octanol–water partition coefficient (Wildman–Crippen LogP) is 1.65. The summed E-state index contributed by atoms with van der Waals surface area (Å²) in [6, 6.07) is 0. The Kier molecular flexibility index (Phi) is 3.00. The summed E-state index contributed by atoms with van der Waals surface area (Å²) in [5, 5.41) is 10.0. The van der Waals surface area contributed by atoms with Gasteiger partial charge < -0.3 is 5.11 Å². The number of nitrogens with zero attached hydrogens (tertiary/aromatic N) is 2. The summed E-state index contributed by atoms with van der Waals surface area (Å²) < 4.78 is 1.17. The third kappa shape index (κ3) is 2.31. The zero-order chi connectivity index (χ0) is 11.1. The highest BCUT2D eigenvalue weighted by Crippen LogP contribution is 2.31. The number of hydrogen-bond donors (Lipinski definition) is 1. The molecule has 15 heavy (non-hydrogen) atoms. The van der Waals surface area contributed by atoms with E-state index < -0.39 is 11.4 Å². The lowest BCUT2D eigenvalue weighted by Gasteiger charge is -2.44. The first-order chi connectivity index (χ1) is 6.99. The minimum absolute atomic E-state index is 0.551. The zero-order valence-corrected chi connectivity index (χ0v) is 11.2. The number of thiazole rings is 1. The number of rotatable bonds is 3. The first-order valence-electron chi connectivity index (χ1n) is 4.55. The maximum absolute atomic E-state index is 10.9. The van der Waals surface area contributed by atoms with Crippen molar-refractivity contribution in [2.45, 2.75) is 13.5 Å². The topological polar surface area (TPSA) is 53.4 Å². The van der Waals surface area contributed by atoms with Crippen LogP contribution in [0.1, 0.15) is 11.9 Å². The fourth-order valence-electron chi connectivity index (χ4n) is 1.74. The molecule has 1 aliphatic rings. The molecule has 0 atom stereocenters. The van der Waals surface area contributed by atoms with Crippen molar-refractivity contribution in [3.63, 3.8) is 0 Å². The number of carbonyl (C=O) groups is 1. The Hall–Kier alpha value is -0.210. The fourth-order valence-corrected chi connectivity index (χ4v) is 3.33. The van der Waals surface area contributed by atoms with Gasteiger partial charge in [0.2, 0.25) is 0 Å². The van der Waals surface area contributed by atoms with E-state index in [4.69, 9.17) is 5.11 Å². The Labute approximate surface area is 105 Å². The van der Waals surface area contributed by atoms with Crippen LogP contribution in [-0.4, -0.2) is 34.0 Å². The molecule has 1 fully saturated rings. The molecule has 1 aromatic rings. The van der Waals surface area contributed by atoms with E-state index in [0.29, 0.717) is 13.1 Å². The molecule has 0 radical (unpaired) electrons. The van der Waals surface area contributed by atoms with E-state index in [0.717, 1.165) is 11.6 Å². The first-order valence-corrected chi connectivity index (χ1v) is 6.45. The summed E-state index contributed by atoms with van der Waals surface area (Å²) in [5.41, 5.74) is -0.551. The van der Waals surface area contributed by atoms with Crippen molar-refractivity contribution in [2.75, 3.05) is 13.1 Å². The van der Waals surface area contributed by atoms with Gasteiger partial charge in [-0.2, -0.15) is 0 Å². The van der Waals surface area contributed by atoms with Gasteiger partial charge in [-0.15, -0.1) is 11.3 Å². The van der Waals surface area contributed by atoms with E-state index in [9.17, 15) is 4.79 Å². The molecule has 1 aliphatic heterocycles. The molecule has 2 rings (SSSR count). The SMILES string of the molecule is CC1(C(=O)O)CN(Cc2ncc(I)s2)C1. The van der Waals surface area contributed by atoms with Gasteiger partial charge in [-0.05, 0) is 29.5 Å². The Morgan fingerprint density at radius 1 is 1.80 bits per heavy atom. The average Bonchev–Trinajstić information content (AvgIpc) is 2.48. The molecule has 1 saturated heterocycles. The lowest BCUT2D eigenvalue weighted by molar-refractivity contribution is -0.158. The van der Waals surface area contributed by atoms with Crippen LogP contribution in [0.3, 0.4) is 0 Å². The van der Waals surface area contributed by atoms with Crippen molar-refractivity contribution >= 4 is 39.9 Å². The molecule has 1 aromatic heterocycles. The summed E-state index contributed by atoms with van der Waals surface area (Å²) in [7, 11) is 0. The molecule has 1 N–H and O–H groups in total. The van der Waals surface area contributed by atoms with Crippen LogP contribution in [0.15, 0.2) is 6.20 Å². The second-order valence-electron chi connectivity index (χ2n) is 4.07. The Balaban J connectivity index is 1.88. The normalized spacial score (nSPS) is 19.9. The molecular formula is C9H11IN2O2S. The molecule has 4 nitrogen and oxygen atoms in total. The highest BCUT2D eigenvalue weighted by molar-refractivity contribution is 14.1. The second-order valence-corrected chi connectivity index (χ2v) is 7.08. The quantitative estimate of drug-likeness (QED) is 0.852. The smallest absolute Gasteiger partial charge is 0.311 e. The van der Waals surface area contributed by atoms with Gasteiger partial charge in [0.1, 0.15) is 5.01 Å². The molecule has 0 bridgehead atoms. The monoisotopic (exact) mass is 338 g/mol. The first kappa shape index (κ1) is 11.3. The predicted molar refractivity (Wildman–Crippen MR) is 65.9 cm³/mol. The number of halogens is 1. The maximum Gasteiger partial charge on any atom is 0.311 e. The van der Waals surface area contributed by atoms with Gasteiger partial charge in [0, 0.05) is 13.1 Å².